The second kappa shape index (κ2) is 15.1. The average molecular weight is 687 g/mol. The van der Waals surface area contributed by atoms with Crippen molar-refractivity contribution in [2.75, 3.05) is 38.7 Å². The molecule has 13 heteroatoms. The summed E-state index contributed by atoms with van der Waals surface area (Å²) in [7, 11) is -2.60. The van der Waals surface area contributed by atoms with Gasteiger partial charge in [0.2, 0.25) is 15.9 Å². The Kier molecular flexibility index (Phi) is 11.2. The minimum Gasteiger partial charge on any atom is -0.453 e. The number of ether oxygens (including phenoxy) is 2. The van der Waals surface area contributed by atoms with Crippen LogP contribution in [0.3, 0.4) is 0 Å². The molecule has 2 aliphatic rings. The Labute approximate surface area is 280 Å². The first-order chi connectivity index (χ1) is 22.6. The van der Waals surface area contributed by atoms with Crippen molar-refractivity contribution in [1.82, 2.24) is 14.9 Å². The molecule has 0 saturated carbocycles. The topological polar surface area (TPSA) is 126 Å². The Morgan fingerprint density at radius 2 is 1.77 bits per heavy atom. The molecular formula is C34H40ClFN4O6S. The quantitative estimate of drug-likeness (QED) is 0.278. The number of nitrogens with one attached hydrogen (secondary N) is 3. The Morgan fingerprint density at radius 1 is 1.06 bits per heavy atom. The van der Waals surface area contributed by atoms with E-state index in [1.165, 1.54) is 23.5 Å². The van der Waals surface area contributed by atoms with Gasteiger partial charge in [0.15, 0.2) is 0 Å². The zero-order valence-electron chi connectivity index (χ0n) is 26.4. The number of anilines is 1. The van der Waals surface area contributed by atoms with Crippen LogP contribution < -0.4 is 16.0 Å². The summed E-state index contributed by atoms with van der Waals surface area (Å²) in [6, 6.07) is 17.9. The number of benzene rings is 3. The minimum atomic E-state index is -3.82. The summed E-state index contributed by atoms with van der Waals surface area (Å²) in [6.07, 6.45) is 0.496. The van der Waals surface area contributed by atoms with Crippen molar-refractivity contribution < 1.29 is 31.9 Å². The van der Waals surface area contributed by atoms with Crippen molar-refractivity contribution in [1.29, 1.82) is 0 Å². The Morgan fingerprint density at radius 3 is 2.45 bits per heavy atom. The second-order valence-electron chi connectivity index (χ2n) is 11.9. The van der Waals surface area contributed by atoms with Gasteiger partial charge in [-0.25, -0.2) is 17.6 Å². The lowest BCUT2D eigenvalue weighted by atomic mass is 9.68. The van der Waals surface area contributed by atoms with Crippen LogP contribution >= 0.6 is 11.6 Å². The van der Waals surface area contributed by atoms with Gasteiger partial charge in [0.25, 0.3) is 0 Å². The fourth-order valence-electron chi connectivity index (χ4n) is 6.71. The van der Waals surface area contributed by atoms with Crippen LogP contribution in [0.25, 0.3) is 0 Å². The molecule has 3 atom stereocenters. The molecule has 0 radical (unpaired) electrons. The van der Waals surface area contributed by atoms with Crippen molar-refractivity contribution in [3.05, 3.63) is 94.8 Å². The van der Waals surface area contributed by atoms with Crippen molar-refractivity contribution in [3.63, 3.8) is 0 Å². The van der Waals surface area contributed by atoms with Crippen LogP contribution in [0.5, 0.6) is 0 Å². The van der Waals surface area contributed by atoms with E-state index in [1.807, 2.05) is 19.1 Å². The summed E-state index contributed by atoms with van der Waals surface area (Å²) in [4.78, 5) is 27.0. The number of nitrogens with zero attached hydrogens (tertiary/aromatic N) is 1. The summed E-state index contributed by atoms with van der Waals surface area (Å²) in [5.74, 6) is -1.09. The lowest BCUT2D eigenvalue weighted by Gasteiger charge is -2.43. The minimum absolute atomic E-state index is 0.146. The van der Waals surface area contributed by atoms with Gasteiger partial charge in [0, 0.05) is 60.1 Å². The molecule has 47 heavy (non-hydrogen) atoms. The van der Waals surface area contributed by atoms with Crippen LogP contribution in [0.15, 0.2) is 77.7 Å². The first kappa shape index (κ1) is 34.8. The zero-order chi connectivity index (χ0) is 33.6. The molecule has 10 nitrogen and oxygen atoms in total. The predicted molar refractivity (Wildman–Crippen MR) is 177 cm³/mol. The van der Waals surface area contributed by atoms with E-state index in [0.29, 0.717) is 50.6 Å². The Hall–Kier alpha value is -3.55. The predicted octanol–water partition coefficient (Wildman–Crippen LogP) is 4.87. The third-order valence-electron chi connectivity index (χ3n) is 9.10. The number of rotatable bonds is 10. The maximum Gasteiger partial charge on any atom is 0.407 e. The molecule has 0 aromatic heterocycles. The van der Waals surface area contributed by atoms with Crippen LogP contribution in [-0.4, -0.2) is 76.3 Å². The smallest absolute Gasteiger partial charge is 0.407 e. The lowest BCUT2D eigenvalue weighted by Crippen LogP contribution is -2.58. The van der Waals surface area contributed by atoms with Gasteiger partial charge in [-0.3, -0.25) is 4.79 Å². The highest BCUT2D eigenvalue weighted by Gasteiger charge is 2.47. The van der Waals surface area contributed by atoms with Gasteiger partial charge < -0.3 is 25.4 Å². The monoisotopic (exact) mass is 686 g/mol. The first-order valence-electron chi connectivity index (χ1n) is 15.6. The van der Waals surface area contributed by atoms with E-state index in [4.69, 9.17) is 21.1 Å². The third-order valence-corrected chi connectivity index (χ3v) is 11.4. The molecule has 2 heterocycles. The van der Waals surface area contributed by atoms with E-state index < -0.39 is 45.3 Å². The van der Waals surface area contributed by atoms with Crippen molar-refractivity contribution in [2.24, 2.45) is 0 Å². The molecule has 0 bridgehead atoms. The molecule has 5 rings (SSSR count). The summed E-state index contributed by atoms with van der Waals surface area (Å²) in [6.45, 7) is 3.44. The van der Waals surface area contributed by atoms with Gasteiger partial charge in [-0.05, 0) is 74.6 Å². The van der Waals surface area contributed by atoms with Crippen LogP contribution in [0, 0.1) is 5.82 Å². The van der Waals surface area contributed by atoms with E-state index in [2.05, 4.69) is 16.0 Å². The molecule has 2 saturated heterocycles. The fourth-order valence-corrected chi connectivity index (χ4v) is 8.71. The fraction of sp³-hybridized carbons (Fsp3) is 0.412. The highest BCUT2D eigenvalue weighted by molar-refractivity contribution is 7.89. The normalized spacial score (nSPS) is 20.6. The summed E-state index contributed by atoms with van der Waals surface area (Å²) < 4.78 is 55.0. The largest absolute Gasteiger partial charge is 0.453 e. The van der Waals surface area contributed by atoms with Crippen molar-refractivity contribution in [2.45, 2.75) is 61.0 Å². The number of halogens is 2. The number of amides is 2. The van der Waals surface area contributed by atoms with E-state index in [0.717, 1.165) is 5.56 Å². The van der Waals surface area contributed by atoms with Crippen molar-refractivity contribution >= 4 is 39.3 Å². The van der Waals surface area contributed by atoms with E-state index in [9.17, 15) is 18.0 Å². The molecule has 0 aliphatic carbocycles. The van der Waals surface area contributed by atoms with Gasteiger partial charge in [0.1, 0.15) is 11.9 Å². The van der Waals surface area contributed by atoms with Gasteiger partial charge in [0.05, 0.1) is 12.0 Å². The van der Waals surface area contributed by atoms with Gasteiger partial charge in [-0.2, -0.15) is 4.31 Å². The molecule has 0 spiro atoms. The highest BCUT2D eigenvalue weighted by Crippen LogP contribution is 2.39. The first-order valence-corrected chi connectivity index (χ1v) is 17.4. The number of hydrogen-bond acceptors (Lipinski definition) is 7. The zero-order valence-corrected chi connectivity index (χ0v) is 28.0. The number of piperazine rings is 1. The van der Waals surface area contributed by atoms with Crippen LogP contribution in [0.4, 0.5) is 14.9 Å². The highest BCUT2D eigenvalue weighted by atomic mass is 35.5. The van der Waals surface area contributed by atoms with Crippen LogP contribution in [-0.2, 0) is 36.1 Å². The second-order valence-corrected chi connectivity index (χ2v) is 14.2. The van der Waals surface area contributed by atoms with Gasteiger partial charge in [-0.1, -0.05) is 48.0 Å². The molecule has 3 aromatic rings. The molecule has 1 unspecified atom stereocenters. The molecule has 3 aromatic carbocycles. The maximum atomic E-state index is 15.5. The maximum absolute atomic E-state index is 15.5. The summed E-state index contributed by atoms with van der Waals surface area (Å²) >= 11 is 6.17. The number of carbonyl (C=O) groups is 2. The van der Waals surface area contributed by atoms with Crippen molar-refractivity contribution in [3.8, 4) is 0 Å². The van der Waals surface area contributed by atoms with Gasteiger partial charge >= 0.3 is 6.09 Å². The molecule has 2 amide bonds. The van der Waals surface area contributed by atoms with E-state index >= 15 is 4.39 Å². The number of alkyl carbamates (subject to hydrolysis) is 1. The lowest BCUT2D eigenvalue weighted by molar-refractivity contribution is -0.121. The standard InChI is InChI=1S/C34H40ClFN4O6S/c1-23-21-37-22-26(40(23)47(43,44)27-7-4-3-5-8-27)15-16-28-29(36)9-6-10-30(28)38-32(41)31(39-33(42)45-2)34(17-19-46-20-18-34)24-11-13-25(35)14-12-24/h3-14,23,26,31,37H,15-22H2,1-2H3,(H,38,41)(H,39,42)/t23-,26-,31?/m0/s1. The molecule has 2 fully saturated rings. The summed E-state index contributed by atoms with van der Waals surface area (Å²) in [5.41, 5.74) is 0.393. The molecular weight excluding hydrogens is 647 g/mol. The number of methoxy groups -OCH3 is 1. The summed E-state index contributed by atoms with van der Waals surface area (Å²) in [5, 5.41) is 9.44. The van der Waals surface area contributed by atoms with Crippen LogP contribution in [0.2, 0.25) is 5.02 Å². The van der Waals surface area contributed by atoms with E-state index in [-0.39, 0.29) is 28.6 Å². The molecule has 3 N–H and O–H groups in total. The average Bonchev–Trinajstić information content (AvgIpc) is 3.07. The Bertz CT molecular complexity index is 1650. The number of carbonyl (C=O) groups excluding carboxylic acids is 2. The van der Waals surface area contributed by atoms with Crippen LogP contribution in [0.1, 0.15) is 37.3 Å². The Balaban J connectivity index is 1.43. The molecule has 252 valence electrons. The van der Waals surface area contributed by atoms with Gasteiger partial charge in [-0.15, -0.1) is 0 Å². The SMILES string of the molecule is COC(=O)NC(C(=O)Nc1cccc(F)c1CC[C@H]1CNC[C@H](C)N1S(=O)(=O)c1ccccc1)C1(c2ccc(Cl)cc2)CCOCC1. The van der Waals surface area contributed by atoms with E-state index in [1.54, 1.807) is 48.5 Å². The number of hydrogen-bond donors (Lipinski definition) is 3. The number of sulfonamides is 1. The molecule has 2 aliphatic heterocycles. The third kappa shape index (κ3) is 7.62.